The first-order valence-electron chi connectivity index (χ1n) is 5.89. The smallest absolute Gasteiger partial charge is 0.161 e. The van der Waals surface area contributed by atoms with Gasteiger partial charge in [0.15, 0.2) is 11.5 Å². The molecule has 0 fully saturated rings. The Morgan fingerprint density at radius 3 is 2.65 bits per heavy atom. The van der Waals surface area contributed by atoms with Gasteiger partial charge in [0.1, 0.15) is 0 Å². The Bertz CT molecular complexity index is 419. The fraction of sp³-hybridized carbons (Fsp3) is 0.429. The standard InChI is InChI=1S/C14H18O3/c1-10(2)8-12(15)11-4-5-13-14(9-11)17-7-3-6-16-13/h4-5,8-9,12,15H,3,6-7H2,1-2H3. The SMILES string of the molecule is CC(C)=CC(O)c1ccc2c(c1)OCCCO2. The topological polar surface area (TPSA) is 38.7 Å². The summed E-state index contributed by atoms with van der Waals surface area (Å²) in [6, 6.07) is 5.58. The lowest BCUT2D eigenvalue weighted by atomic mass is 10.1. The average Bonchev–Trinajstić information content (AvgIpc) is 2.51. The number of ether oxygens (including phenoxy) is 2. The number of hydrogen-bond acceptors (Lipinski definition) is 3. The van der Waals surface area contributed by atoms with Crippen LogP contribution in [0.1, 0.15) is 31.9 Å². The van der Waals surface area contributed by atoms with Crippen molar-refractivity contribution in [2.45, 2.75) is 26.4 Å². The van der Waals surface area contributed by atoms with Gasteiger partial charge in [-0.3, -0.25) is 0 Å². The summed E-state index contributed by atoms with van der Waals surface area (Å²) in [6.07, 6.45) is 2.12. The minimum absolute atomic E-state index is 0.586. The molecule has 1 heterocycles. The van der Waals surface area contributed by atoms with Crippen LogP contribution in [0.25, 0.3) is 0 Å². The van der Waals surface area contributed by atoms with Crippen molar-refractivity contribution in [2.75, 3.05) is 13.2 Å². The maximum Gasteiger partial charge on any atom is 0.161 e. The number of rotatable bonds is 2. The molecule has 1 atom stereocenters. The van der Waals surface area contributed by atoms with Crippen LogP contribution in [-0.2, 0) is 0 Å². The van der Waals surface area contributed by atoms with E-state index >= 15 is 0 Å². The third kappa shape index (κ3) is 3.01. The lowest BCUT2D eigenvalue weighted by Crippen LogP contribution is -1.98. The van der Waals surface area contributed by atoms with Crippen molar-refractivity contribution >= 4 is 0 Å². The van der Waals surface area contributed by atoms with Crippen LogP contribution in [0, 0.1) is 0 Å². The zero-order valence-electron chi connectivity index (χ0n) is 10.3. The first kappa shape index (κ1) is 12.0. The summed E-state index contributed by atoms with van der Waals surface area (Å²) >= 11 is 0. The highest BCUT2D eigenvalue weighted by Crippen LogP contribution is 2.32. The van der Waals surface area contributed by atoms with Crippen molar-refractivity contribution in [1.82, 2.24) is 0 Å². The van der Waals surface area contributed by atoms with Crippen molar-refractivity contribution in [3.8, 4) is 11.5 Å². The molecule has 0 saturated carbocycles. The van der Waals surface area contributed by atoms with Gasteiger partial charge in [-0.15, -0.1) is 0 Å². The Labute approximate surface area is 102 Å². The van der Waals surface area contributed by atoms with Crippen LogP contribution >= 0.6 is 0 Å². The van der Waals surface area contributed by atoms with E-state index in [-0.39, 0.29) is 0 Å². The second-order valence-electron chi connectivity index (χ2n) is 4.45. The van der Waals surface area contributed by atoms with Crippen molar-refractivity contribution in [1.29, 1.82) is 0 Å². The summed E-state index contributed by atoms with van der Waals surface area (Å²) in [5.74, 6) is 1.48. The Morgan fingerprint density at radius 1 is 1.24 bits per heavy atom. The Hall–Kier alpha value is -1.48. The van der Waals surface area contributed by atoms with Gasteiger partial charge >= 0.3 is 0 Å². The molecule has 0 aliphatic carbocycles. The van der Waals surface area contributed by atoms with E-state index in [4.69, 9.17) is 9.47 Å². The Kier molecular flexibility index (Phi) is 3.69. The molecule has 1 aliphatic rings. The summed E-state index contributed by atoms with van der Waals surface area (Å²) in [4.78, 5) is 0. The molecule has 3 nitrogen and oxygen atoms in total. The third-order valence-corrected chi connectivity index (χ3v) is 2.60. The van der Waals surface area contributed by atoms with E-state index in [1.54, 1.807) is 0 Å². The van der Waals surface area contributed by atoms with E-state index in [0.717, 1.165) is 29.1 Å². The van der Waals surface area contributed by atoms with Gasteiger partial charge in [0.25, 0.3) is 0 Å². The summed E-state index contributed by atoms with van der Waals surface area (Å²) in [5, 5.41) is 9.99. The lowest BCUT2D eigenvalue weighted by Gasteiger charge is -2.11. The molecule has 0 amide bonds. The molecular weight excluding hydrogens is 216 g/mol. The van der Waals surface area contributed by atoms with Crippen molar-refractivity contribution < 1.29 is 14.6 Å². The molecule has 1 unspecified atom stereocenters. The van der Waals surface area contributed by atoms with Gasteiger partial charge in [0.2, 0.25) is 0 Å². The number of aliphatic hydroxyl groups excluding tert-OH is 1. The van der Waals surface area contributed by atoms with Crippen molar-refractivity contribution in [3.05, 3.63) is 35.4 Å². The van der Waals surface area contributed by atoms with Gasteiger partial charge in [-0.25, -0.2) is 0 Å². The van der Waals surface area contributed by atoms with Gasteiger partial charge in [0, 0.05) is 6.42 Å². The molecule has 17 heavy (non-hydrogen) atoms. The van der Waals surface area contributed by atoms with Gasteiger partial charge in [0.05, 0.1) is 19.3 Å². The molecule has 0 bridgehead atoms. The second kappa shape index (κ2) is 5.23. The minimum Gasteiger partial charge on any atom is -0.490 e. The highest BCUT2D eigenvalue weighted by atomic mass is 16.5. The monoisotopic (exact) mass is 234 g/mol. The summed E-state index contributed by atoms with van der Waals surface area (Å²) in [6.45, 7) is 5.27. The van der Waals surface area contributed by atoms with E-state index in [9.17, 15) is 5.11 Å². The molecule has 0 spiro atoms. The minimum atomic E-state index is -0.586. The molecule has 2 rings (SSSR count). The molecule has 0 radical (unpaired) electrons. The van der Waals surface area contributed by atoms with Gasteiger partial charge in [-0.1, -0.05) is 17.7 Å². The zero-order valence-corrected chi connectivity index (χ0v) is 10.3. The predicted octanol–water partition coefficient (Wildman–Crippen LogP) is 2.85. The molecule has 3 heteroatoms. The van der Waals surface area contributed by atoms with Crippen LogP contribution in [0.15, 0.2) is 29.8 Å². The molecule has 0 saturated heterocycles. The maximum atomic E-state index is 9.99. The normalized spacial score (nSPS) is 15.9. The fourth-order valence-corrected chi connectivity index (χ4v) is 1.78. The lowest BCUT2D eigenvalue weighted by molar-refractivity contribution is 0.226. The highest BCUT2D eigenvalue weighted by Gasteiger charge is 2.13. The predicted molar refractivity (Wildman–Crippen MR) is 66.4 cm³/mol. The second-order valence-corrected chi connectivity index (χ2v) is 4.45. The Balaban J connectivity index is 2.26. The number of benzene rings is 1. The fourth-order valence-electron chi connectivity index (χ4n) is 1.78. The molecule has 1 aromatic rings. The molecule has 92 valence electrons. The van der Waals surface area contributed by atoms with Crippen LogP contribution < -0.4 is 9.47 Å². The molecule has 1 aromatic carbocycles. The number of hydrogen-bond donors (Lipinski definition) is 1. The van der Waals surface area contributed by atoms with E-state index in [0.29, 0.717) is 13.2 Å². The average molecular weight is 234 g/mol. The highest BCUT2D eigenvalue weighted by molar-refractivity contribution is 5.44. The molecular formula is C14H18O3. The van der Waals surface area contributed by atoms with Crippen molar-refractivity contribution in [2.24, 2.45) is 0 Å². The first-order chi connectivity index (χ1) is 8.16. The summed E-state index contributed by atoms with van der Waals surface area (Å²) in [5.41, 5.74) is 1.92. The van der Waals surface area contributed by atoms with Crippen molar-refractivity contribution in [3.63, 3.8) is 0 Å². The van der Waals surface area contributed by atoms with E-state index < -0.39 is 6.10 Å². The third-order valence-electron chi connectivity index (χ3n) is 2.60. The van der Waals surface area contributed by atoms with Gasteiger partial charge in [-0.2, -0.15) is 0 Å². The van der Waals surface area contributed by atoms with Gasteiger partial charge < -0.3 is 14.6 Å². The van der Waals surface area contributed by atoms with E-state index in [1.807, 2.05) is 38.1 Å². The molecule has 1 N–H and O–H groups in total. The van der Waals surface area contributed by atoms with Gasteiger partial charge in [-0.05, 0) is 31.5 Å². The quantitative estimate of drug-likeness (QED) is 0.800. The summed E-state index contributed by atoms with van der Waals surface area (Å²) in [7, 11) is 0. The van der Waals surface area contributed by atoms with Crippen LogP contribution in [0.3, 0.4) is 0 Å². The van der Waals surface area contributed by atoms with Crippen LogP contribution in [0.5, 0.6) is 11.5 Å². The Morgan fingerprint density at radius 2 is 1.94 bits per heavy atom. The molecule has 1 aliphatic heterocycles. The zero-order chi connectivity index (χ0) is 12.3. The number of fused-ring (bicyclic) bond motifs is 1. The van der Waals surface area contributed by atoms with E-state index in [2.05, 4.69) is 0 Å². The number of aliphatic hydroxyl groups is 1. The molecule has 0 aromatic heterocycles. The maximum absolute atomic E-state index is 9.99. The largest absolute Gasteiger partial charge is 0.490 e. The number of allylic oxidation sites excluding steroid dienone is 1. The summed E-state index contributed by atoms with van der Waals surface area (Å²) < 4.78 is 11.1. The van der Waals surface area contributed by atoms with Crippen LogP contribution in [-0.4, -0.2) is 18.3 Å². The first-order valence-corrected chi connectivity index (χ1v) is 5.89. The van der Waals surface area contributed by atoms with Crippen LogP contribution in [0.4, 0.5) is 0 Å². The van der Waals surface area contributed by atoms with Crippen LogP contribution in [0.2, 0.25) is 0 Å². The van der Waals surface area contributed by atoms with E-state index in [1.165, 1.54) is 0 Å².